The number of amides is 1. The van der Waals surface area contributed by atoms with E-state index >= 15 is 0 Å². The molecule has 1 saturated carbocycles. The van der Waals surface area contributed by atoms with E-state index in [0.29, 0.717) is 17.5 Å². The molecule has 0 bridgehead atoms. The van der Waals surface area contributed by atoms with Crippen molar-refractivity contribution >= 4 is 44.9 Å². The van der Waals surface area contributed by atoms with E-state index in [1.165, 1.54) is 18.4 Å². The first-order valence-electron chi connectivity index (χ1n) is 6.91. The summed E-state index contributed by atoms with van der Waals surface area (Å²) < 4.78 is 0.935. The van der Waals surface area contributed by atoms with E-state index in [9.17, 15) is 4.79 Å². The minimum absolute atomic E-state index is 0.0117. The van der Waals surface area contributed by atoms with Gasteiger partial charge < -0.3 is 10.6 Å². The second kappa shape index (κ2) is 7.18. The quantitative estimate of drug-likeness (QED) is 0.801. The van der Waals surface area contributed by atoms with Gasteiger partial charge in [0.1, 0.15) is 0 Å². The molecule has 20 heavy (non-hydrogen) atoms. The Hall–Kier alpha value is -0.940. The van der Waals surface area contributed by atoms with E-state index < -0.39 is 0 Å². The van der Waals surface area contributed by atoms with Crippen molar-refractivity contribution in [2.24, 2.45) is 5.92 Å². The van der Waals surface area contributed by atoms with Crippen molar-refractivity contribution in [3.63, 3.8) is 0 Å². The zero-order chi connectivity index (χ0) is 14.5. The highest BCUT2D eigenvalue weighted by molar-refractivity contribution is 9.10. The Morgan fingerprint density at radius 1 is 1.40 bits per heavy atom. The van der Waals surface area contributed by atoms with Crippen LogP contribution < -0.4 is 10.6 Å². The van der Waals surface area contributed by atoms with Crippen LogP contribution in [0.2, 0.25) is 0 Å². The van der Waals surface area contributed by atoms with Gasteiger partial charge in [-0.3, -0.25) is 4.79 Å². The highest BCUT2D eigenvalue weighted by Gasteiger charge is 2.18. The van der Waals surface area contributed by atoms with Gasteiger partial charge >= 0.3 is 0 Å². The molecule has 0 unspecified atom stereocenters. The number of nitrogens with one attached hydrogen (secondary N) is 2. The fourth-order valence-corrected chi connectivity index (χ4v) is 3.35. The highest BCUT2D eigenvalue weighted by Crippen LogP contribution is 2.27. The van der Waals surface area contributed by atoms with E-state index in [0.717, 1.165) is 23.0 Å². The van der Waals surface area contributed by atoms with E-state index in [-0.39, 0.29) is 5.91 Å². The average molecular weight is 355 g/mol. The summed E-state index contributed by atoms with van der Waals surface area (Å²) in [6.07, 6.45) is 5.40. The molecule has 2 rings (SSSR count). The molecule has 1 aromatic carbocycles. The SMILES string of the molecule is Cc1ccc(NC(=S)NC(=O)CC2CCCC2)c(Br)c1. The molecule has 3 nitrogen and oxygen atoms in total. The van der Waals surface area contributed by atoms with E-state index in [4.69, 9.17) is 12.2 Å². The lowest BCUT2D eigenvalue weighted by atomic mass is 10.0. The maximum atomic E-state index is 11.9. The van der Waals surface area contributed by atoms with Crippen LogP contribution in [0.4, 0.5) is 5.69 Å². The van der Waals surface area contributed by atoms with Crippen molar-refractivity contribution in [2.45, 2.75) is 39.0 Å². The number of aryl methyl sites for hydroxylation is 1. The minimum Gasteiger partial charge on any atom is -0.331 e. The van der Waals surface area contributed by atoms with E-state index in [1.807, 2.05) is 25.1 Å². The van der Waals surface area contributed by atoms with Gasteiger partial charge in [-0.25, -0.2) is 0 Å². The Morgan fingerprint density at radius 2 is 2.10 bits per heavy atom. The largest absolute Gasteiger partial charge is 0.331 e. The second-order valence-electron chi connectivity index (χ2n) is 5.34. The fraction of sp³-hybridized carbons (Fsp3) is 0.467. The first-order valence-corrected chi connectivity index (χ1v) is 8.11. The third kappa shape index (κ3) is 4.56. The lowest BCUT2D eigenvalue weighted by Gasteiger charge is -2.13. The number of carbonyl (C=O) groups excluding carboxylic acids is 1. The lowest BCUT2D eigenvalue weighted by Crippen LogP contribution is -2.35. The van der Waals surface area contributed by atoms with Crippen LogP contribution >= 0.6 is 28.1 Å². The summed E-state index contributed by atoms with van der Waals surface area (Å²) in [5.41, 5.74) is 2.03. The van der Waals surface area contributed by atoms with Gasteiger partial charge in [0.05, 0.1) is 5.69 Å². The van der Waals surface area contributed by atoms with E-state index in [1.54, 1.807) is 0 Å². The molecule has 1 fully saturated rings. The van der Waals surface area contributed by atoms with E-state index in [2.05, 4.69) is 26.6 Å². The molecular weight excluding hydrogens is 336 g/mol. The average Bonchev–Trinajstić information content (AvgIpc) is 2.85. The number of rotatable bonds is 3. The lowest BCUT2D eigenvalue weighted by molar-refractivity contribution is -0.120. The predicted molar refractivity (Wildman–Crippen MR) is 89.8 cm³/mol. The molecule has 0 heterocycles. The van der Waals surface area contributed by atoms with Gasteiger partial charge in [0.25, 0.3) is 0 Å². The molecule has 108 valence electrons. The smallest absolute Gasteiger partial charge is 0.226 e. The minimum atomic E-state index is 0.0117. The van der Waals surface area contributed by atoms with Crippen molar-refractivity contribution in [3.8, 4) is 0 Å². The Kier molecular flexibility index (Phi) is 5.54. The summed E-state index contributed by atoms with van der Waals surface area (Å²) in [6.45, 7) is 2.02. The van der Waals surface area contributed by atoms with Crippen LogP contribution in [0.1, 0.15) is 37.7 Å². The molecule has 5 heteroatoms. The maximum Gasteiger partial charge on any atom is 0.226 e. The molecule has 0 aliphatic heterocycles. The van der Waals surface area contributed by atoms with Crippen LogP contribution in [0.3, 0.4) is 0 Å². The molecule has 1 aliphatic rings. The van der Waals surface area contributed by atoms with Crippen molar-refractivity contribution in [3.05, 3.63) is 28.2 Å². The first-order chi connectivity index (χ1) is 9.54. The number of benzene rings is 1. The Bertz CT molecular complexity index is 513. The number of hydrogen-bond acceptors (Lipinski definition) is 2. The summed E-state index contributed by atoms with van der Waals surface area (Å²) >= 11 is 8.66. The zero-order valence-corrected chi connectivity index (χ0v) is 13.9. The number of anilines is 1. The third-order valence-electron chi connectivity index (χ3n) is 3.57. The monoisotopic (exact) mass is 354 g/mol. The molecular formula is C15H19BrN2OS. The summed E-state index contributed by atoms with van der Waals surface area (Å²) in [6, 6.07) is 5.94. The number of halogens is 1. The molecule has 1 aromatic rings. The Labute approximate surface area is 133 Å². The molecule has 0 aromatic heterocycles. The van der Waals surface area contributed by atoms with Gasteiger partial charge in [-0.15, -0.1) is 0 Å². The summed E-state index contributed by atoms with van der Waals surface area (Å²) in [4.78, 5) is 11.9. The standard InChI is InChI=1S/C15H19BrN2OS/c1-10-6-7-13(12(16)8-10)17-15(20)18-14(19)9-11-4-2-3-5-11/h6-8,11H,2-5,9H2,1H3,(H2,17,18,19,20). The van der Waals surface area contributed by atoms with Gasteiger partial charge in [0.15, 0.2) is 5.11 Å². The van der Waals surface area contributed by atoms with Gasteiger partial charge in [0, 0.05) is 10.9 Å². The van der Waals surface area contributed by atoms with Crippen LogP contribution in [0.5, 0.6) is 0 Å². The molecule has 0 spiro atoms. The van der Waals surface area contributed by atoms with Crippen LogP contribution in [0.15, 0.2) is 22.7 Å². The van der Waals surface area contributed by atoms with Crippen molar-refractivity contribution in [1.29, 1.82) is 0 Å². The summed E-state index contributed by atoms with van der Waals surface area (Å²) in [5, 5.41) is 6.16. The second-order valence-corrected chi connectivity index (χ2v) is 6.60. The molecule has 0 saturated heterocycles. The Balaban J connectivity index is 1.83. The summed E-state index contributed by atoms with van der Waals surface area (Å²) in [5.74, 6) is 0.543. The molecule has 2 N–H and O–H groups in total. The van der Waals surface area contributed by atoms with Crippen molar-refractivity contribution < 1.29 is 4.79 Å². The van der Waals surface area contributed by atoms with Gasteiger partial charge in [-0.05, 0) is 71.5 Å². The molecule has 1 aliphatic carbocycles. The first kappa shape index (κ1) is 15.4. The molecule has 1 amide bonds. The van der Waals surface area contributed by atoms with Gasteiger partial charge in [-0.2, -0.15) is 0 Å². The number of carbonyl (C=O) groups is 1. The van der Waals surface area contributed by atoms with Crippen LogP contribution in [-0.2, 0) is 4.79 Å². The highest BCUT2D eigenvalue weighted by atomic mass is 79.9. The van der Waals surface area contributed by atoms with Crippen LogP contribution in [0, 0.1) is 12.8 Å². The third-order valence-corrected chi connectivity index (χ3v) is 4.43. The van der Waals surface area contributed by atoms with Crippen molar-refractivity contribution in [2.75, 3.05) is 5.32 Å². The number of hydrogen-bond donors (Lipinski definition) is 2. The zero-order valence-electron chi connectivity index (χ0n) is 11.5. The maximum absolute atomic E-state index is 11.9. The molecule has 0 radical (unpaired) electrons. The normalized spacial score (nSPS) is 15.1. The number of thiocarbonyl (C=S) groups is 1. The van der Waals surface area contributed by atoms with Crippen molar-refractivity contribution in [1.82, 2.24) is 5.32 Å². The fourth-order valence-electron chi connectivity index (χ4n) is 2.53. The summed E-state index contributed by atoms with van der Waals surface area (Å²) in [7, 11) is 0. The van der Waals surface area contributed by atoms with Crippen LogP contribution in [-0.4, -0.2) is 11.0 Å². The van der Waals surface area contributed by atoms with Gasteiger partial charge in [-0.1, -0.05) is 18.9 Å². The topological polar surface area (TPSA) is 41.1 Å². The predicted octanol–water partition coefficient (Wildman–Crippen LogP) is 4.15. The van der Waals surface area contributed by atoms with Gasteiger partial charge in [0.2, 0.25) is 5.91 Å². The Morgan fingerprint density at radius 3 is 2.75 bits per heavy atom. The van der Waals surface area contributed by atoms with Crippen LogP contribution in [0.25, 0.3) is 0 Å². The molecule has 0 atom stereocenters.